The Hall–Kier alpha value is -2.62. The van der Waals surface area contributed by atoms with Crippen molar-refractivity contribution in [1.82, 2.24) is 9.88 Å². The molecule has 1 amide bonds. The highest BCUT2D eigenvalue weighted by Gasteiger charge is 2.23. The third-order valence-electron chi connectivity index (χ3n) is 4.32. The predicted octanol–water partition coefficient (Wildman–Crippen LogP) is 4.53. The molecule has 0 unspecified atom stereocenters. The van der Waals surface area contributed by atoms with Crippen molar-refractivity contribution in [3.8, 4) is 11.3 Å². The van der Waals surface area contributed by atoms with Crippen molar-refractivity contribution < 1.29 is 9.18 Å². The smallest absolute Gasteiger partial charge is 0.253 e. The Labute approximate surface area is 141 Å². The van der Waals surface area contributed by atoms with E-state index >= 15 is 0 Å². The van der Waals surface area contributed by atoms with E-state index in [9.17, 15) is 9.18 Å². The minimum absolute atomic E-state index is 0.0347. The van der Waals surface area contributed by atoms with Gasteiger partial charge in [0.15, 0.2) is 0 Å². The van der Waals surface area contributed by atoms with Gasteiger partial charge in [0.1, 0.15) is 5.82 Å². The molecule has 1 N–H and O–H groups in total. The van der Waals surface area contributed by atoms with Crippen molar-refractivity contribution in [2.45, 2.75) is 27.3 Å². The Morgan fingerprint density at radius 1 is 1.08 bits per heavy atom. The molecule has 124 valence electrons. The topological polar surface area (TPSA) is 34.0 Å². The minimum atomic E-state index is -0.245. The molecule has 0 bridgehead atoms. The summed E-state index contributed by atoms with van der Waals surface area (Å²) >= 11 is 0. The lowest BCUT2D eigenvalue weighted by atomic mass is 10.0. The van der Waals surface area contributed by atoms with Crippen LogP contribution in [0.25, 0.3) is 22.2 Å². The summed E-state index contributed by atoms with van der Waals surface area (Å²) in [6, 6.07) is 12.3. The van der Waals surface area contributed by atoms with Gasteiger partial charge in [0.25, 0.3) is 5.91 Å². The average molecular weight is 324 g/mol. The summed E-state index contributed by atoms with van der Waals surface area (Å²) in [4.78, 5) is 12.2. The molecule has 0 atom stereocenters. The van der Waals surface area contributed by atoms with E-state index in [4.69, 9.17) is 0 Å². The fraction of sp³-hybridized carbons (Fsp3) is 0.250. The molecule has 4 heteroatoms. The first-order chi connectivity index (χ1) is 11.7. The maximum absolute atomic E-state index is 13.2. The van der Waals surface area contributed by atoms with E-state index in [0.717, 1.165) is 27.7 Å². The number of halogens is 1. The standard InChI is InChI=1S/C18H15FN2O.C2H6/c1-11-14-3-2-4-15-17(14)21(10-9-20-18(15)22)16(11)12-5-7-13(19)8-6-12;1-2/h2-8H,9-10H2,1H3,(H,20,22);1-2H3. The second-order valence-corrected chi connectivity index (χ2v) is 5.59. The molecule has 1 aliphatic rings. The molecule has 3 nitrogen and oxygen atoms in total. The van der Waals surface area contributed by atoms with Crippen molar-refractivity contribution in [3.05, 3.63) is 59.4 Å². The van der Waals surface area contributed by atoms with Crippen LogP contribution in [0.5, 0.6) is 0 Å². The summed E-state index contributed by atoms with van der Waals surface area (Å²) in [6.45, 7) is 7.35. The zero-order valence-corrected chi connectivity index (χ0v) is 14.2. The van der Waals surface area contributed by atoms with Crippen LogP contribution in [0.15, 0.2) is 42.5 Å². The Bertz CT molecular complexity index is 894. The summed E-state index contributed by atoms with van der Waals surface area (Å²) in [5, 5.41) is 4.00. The molecule has 1 aromatic heterocycles. The molecular weight excluding hydrogens is 303 g/mol. The Morgan fingerprint density at radius 2 is 1.79 bits per heavy atom. The molecule has 0 fully saturated rings. The monoisotopic (exact) mass is 324 g/mol. The van der Waals surface area contributed by atoms with E-state index in [1.807, 2.05) is 32.0 Å². The van der Waals surface area contributed by atoms with Gasteiger partial charge in [0, 0.05) is 18.5 Å². The van der Waals surface area contributed by atoms with Crippen LogP contribution in [0, 0.1) is 12.7 Å². The van der Waals surface area contributed by atoms with E-state index in [0.29, 0.717) is 18.7 Å². The van der Waals surface area contributed by atoms with Gasteiger partial charge in [-0.2, -0.15) is 0 Å². The molecule has 24 heavy (non-hydrogen) atoms. The van der Waals surface area contributed by atoms with Gasteiger partial charge in [-0.15, -0.1) is 0 Å². The second-order valence-electron chi connectivity index (χ2n) is 5.59. The molecule has 0 spiro atoms. The third-order valence-corrected chi connectivity index (χ3v) is 4.32. The van der Waals surface area contributed by atoms with Crippen LogP contribution in [0.1, 0.15) is 29.8 Å². The summed E-state index contributed by atoms with van der Waals surface area (Å²) in [5.74, 6) is -0.279. The number of hydrogen-bond donors (Lipinski definition) is 1. The van der Waals surface area contributed by atoms with Crippen molar-refractivity contribution >= 4 is 16.8 Å². The second kappa shape index (κ2) is 6.48. The third kappa shape index (κ3) is 2.48. The van der Waals surface area contributed by atoms with Crippen LogP contribution in [-0.4, -0.2) is 17.0 Å². The summed E-state index contributed by atoms with van der Waals surface area (Å²) < 4.78 is 15.4. The highest BCUT2D eigenvalue weighted by molar-refractivity contribution is 6.08. The van der Waals surface area contributed by atoms with E-state index in [1.165, 1.54) is 12.1 Å². The maximum atomic E-state index is 13.2. The van der Waals surface area contributed by atoms with E-state index in [-0.39, 0.29) is 11.7 Å². The van der Waals surface area contributed by atoms with E-state index in [1.54, 1.807) is 12.1 Å². The van der Waals surface area contributed by atoms with Gasteiger partial charge in [0.05, 0.1) is 16.8 Å². The number of hydrogen-bond acceptors (Lipinski definition) is 1. The first-order valence-electron chi connectivity index (χ1n) is 8.33. The number of carbonyl (C=O) groups is 1. The first-order valence-corrected chi connectivity index (χ1v) is 8.33. The van der Waals surface area contributed by atoms with Crippen molar-refractivity contribution in [2.24, 2.45) is 0 Å². The van der Waals surface area contributed by atoms with Gasteiger partial charge in [-0.1, -0.05) is 26.0 Å². The largest absolute Gasteiger partial charge is 0.350 e. The molecule has 0 saturated heterocycles. The molecule has 2 aromatic carbocycles. The average Bonchev–Trinajstić information content (AvgIpc) is 2.79. The Balaban J connectivity index is 0.000000815. The SMILES string of the molecule is CC.Cc1c(-c2ccc(F)cc2)n2c3c(cccc13)C(=O)NCC2. The highest BCUT2D eigenvalue weighted by Crippen LogP contribution is 2.35. The van der Waals surface area contributed by atoms with Crippen molar-refractivity contribution in [2.75, 3.05) is 6.54 Å². The van der Waals surface area contributed by atoms with E-state index < -0.39 is 0 Å². The number of carbonyl (C=O) groups excluding carboxylic acids is 1. The lowest BCUT2D eigenvalue weighted by Gasteiger charge is -2.10. The first kappa shape index (κ1) is 16.2. The number of para-hydroxylation sites is 1. The highest BCUT2D eigenvalue weighted by atomic mass is 19.1. The number of rotatable bonds is 1. The molecule has 0 radical (unpaired) electrons. The molecule has 0 saturated carbocycles. The number of benzene rings is 2. The zero-order chi connectivity index (χ0) is 17.3. The number of aromatic nitrogens is 1. The summed E-state index contributed by atoms with van der Waals surface area (Å²) in [6.07, 6.45) is 0. The van der Waals surface area contributed by atoms with Gasteiger partial charge in [-0.3, -0.25) is 4.79 Å². The van der Waals surface area contributed by atoms with Gasteiger partial charge in [0.2, 0.25) is 0 Å². The minimum Gasteiger partial charge on any atom is -0.350 e. The lowest BCUT2D eigenvalue weighted by molar-refractivity contribution is 0.0956. The maximum Gasteiger partial charge on any atom is 0.253 e. The predicted molar refractivity (Wildman–Crippen MR) is 95.8 cm³/mol. The van der Waals surface area contributed by atoms with Crippen molar-refractivity contribution in [1.29, 1.82) is 0 Å². The van der Waals surface area contributed by atoms with Crippen LogP contribution in [0.3, 0.4) is 0 Å². The number of nitrogens with zero attached hydrogens (tertiary/aromatic N) is 1. The zero-order valence-electron chi connectivity index (χ0n) is 14.2. The Morgan fingerprint density at radius 3 is 2.50 bits per heavy atom. The number of aryl methyl sites for hydroxylation is 1. The molecule has 2 heterocycles. The van der Waals surface area contributed by atoms with Gasteiger partial charge in [-0.25, -0.2) is 4.39 Å². The Kier molecular flexibility index (Phi) is 4.38. The lowest BCUT2D eigenvalue weighted by Crippen LogP contribution is -2.24. The van der Waals surface area contributed by atoms with E-state index in [2.05, 4.69) is 16.8 Å². The van der Waals surface area contributed by atoms with Crippen LogP contribution in [0.2, 0.25) is 0 Å². The number of nitrogens with one attached hydrogen (secondary N) is 1. The van der Waals surface area contributed by atoms with Gasteiger partial charge < -0.3 is 9.88 Å². The quantitative estimate of drug-likeness (QED) is 0.701. The fourth-order valence-electron chi connectivity index (χ4n) is 3.34. The van der Waals surface area contributed by atoms with Crippen LogP contribution in [-0.2, 0) is 6.54 Å². The van der Waals surface area contributed by atoms with Crippen molar-refractivity contribution in [3.63, 3.8) is 0 Å². The fourth-order valence-corrected chi connectivity index (χ4v) is 3.34. The molecule has 1 aliphatic heterocycles. The normalized spacial score (nSPS) is 13.1. The van der Waals surface area contributed by atoms with Crippen LogP contribution in [0.4, 0.5) is 4.39 Å². The molecule has 3 aromatic rings. The molecular formula is C20H21FN2O. The summed E-state index contributed by atoms with van der Waals surface area (Å²) in [7, 11) is 0. The van der Waals surface area contributed by atoms with Gasteiger partial charge in [-0.05, 0) is 48.4 Å². The van der Waals surface area contributed by atoms with Gasteiger partial charge >= 0.3 is 0 Å². The molecule has 0 aliphatic carbocycles. The molecule has 4 rings (SSSR count). The summed E-state index contributed by atoms with van der Waals surface area (Å²) in [5.41, 5.74) is 4.81. The van der Waals surface area contributed by atoms with Crippen LogP contribution < -0.4 is 5.32 Å². The number of amides is 1. The van der Waals surface area contributed by atoms with Crippen LogP contribution >= 0.6 is 0 Å².